The zero-order valence-corrected chi connectivity index (χ0v) is 16.8. The molecule has 3 aromatic rings. The second kappa shape index (κ2) is 8.36. The van der Waals surface area contributed by atoms with E-state index in [0.29, 0.717) is 6.54 Å². The van der Waals surface area contributed by atoms with Crippen LogP contribution in [-0.4, -0.2) is 35.5 Å². The van der Waals surface area contributed by atoms with E-state index < -0.39 is 6.10 Å². The number of fused-ring (bicyclic) bond motifs is 1. The van der Waals surface area contributed by atoms with E-state index in [0.717, 1.165) is 42.4 Å². The Morgan fingerprint density at radius 2 is 1.66 bits per heavy atom. The summed E-state index contributed by atoms with van der Waals surface area (Å²) in [5.41, 5.74) is 1.78. The van der Waals surface area contributed by atoms with Gasteiger partial charge in [0.25, 0.3) is 0 Å². The van der Waals surface area contributed by atoms with Crippen molar-refractivity contribution in [2.75, 3.05) is 19.6 Å². The van der Waals surface area contributed by atoms with Gasteiger partial charge in [-0.05, 0) is 40.8 Å². The first kappa shape index (κ1) is 19.6. The monoisotopic (exact) mass is 388 g/mol. The van der Waals surface area contributed by atoms with Gasteiger partial charge in [0, 0.05) is 26.6 Å². The summed E-state index contributed by atoms with van der Waals surface area (Å²) >= 11 is 0. The third-order valence-corrected chi connectivity index (χ3v) is 6.04. The van der Waals surface area contributed by atoms with E-state index in [1.165, 1.54) is 5.39 Å². The molecular formula is C25H28N2O2. The van der Waals surface area contributed by atoms with Gasteiger partial charge in [-0.2, -0.15) is 0 Å². The number of nitrogens with one attached hydrogen (secondary N) is 1. The molecule has 29 heavy (non-hydrogen) atoms. The molecule has 1 fully saturated rings. The van der Waals surface area contributed by atoms with Gasteiger partial charge in [0.1, 0.15) is 0 Å². The summed E-state index contributed by atoms with van der Waals surface area (Å²) in [6.07, 6.45) is 1.15. The van der Waals surface area contributed by atoms with Gasteiger partial charge < -0.3 is 15.3 Å². The number of rotatable bonds is 5. The van der Waals surface area contributed by atoms with Crippen LogP contribution in [0.2, 0.25) is 0 Å². The number of aliphatic hydroxyl groups excluding tert-OH is 1. The average molecular weight is 389 g/mol. The minimum Gasteiger partial charge on any atom is -0.387 e. The Hall–Kier alpha value is -2.69. The lowest BCUT2D eigenvalue weighted by molar-refractivity contribution is -0.121. The van der Waals surface area contributed by atoms with Gasteiger partial charge >= 0.3 is 0 Å². The first-order valence-electron chi connectivity index (χ1n) is 10.3. The first-order valence-corrected chi connectivity index (χ1v) is 10.3. The fourth-order valence-corrected chi connectivity index (χ4v) is 4.46. The van der Waals surface area contributed by atoms with E-state index in [4.69, 9.17) is 0 Å². The number of likely N-dealkylation sites (tertiary alicyclic amines) is 1. The van der Waals surface area contributed by atoms with Crippen LogP contribution in [0.1, 0.15) is 37.0 Å². The number of β-amino-alcohol motifs (C(OH)–C–C–N with tert-alkyl or cyclic N) is 1. The summed E-state index contributed by atoms with van der Waals surface area (Å²) in [5.74, 6) is -0.00139. The van der Waals surface area contributed by atoms with Crippen LogP contribution in [0.5, 0.6) is 0 Å². The molecule has 1 amide bonds. The van der Waals surface area contributed by atoms with E-state index in [1.807, 2.05) is 36.4 Å². The summed E-state index contributed by atoms with van der Waals surface area (Å²) < 4.78 is 0. The minimum atomic E-state index is -0.524. The third kappa shape index (κ3) is 4.34. The second-order valence-corrected chi connectivity index (χ2v) is 8.05. The molecule has 1 saturated heterocycles. The molecule has 4 nitrogen and oxygen atoms in total. The third-order valence-electron chi connectivity index (χ3n) is 6.04. The molecule has 4 heteroatoms. The highest BCUT2D eigenvalue weighted by molar-refractivity contribution is 5.83. The minimum absolute atomic E-state index is 0.00139. The number of nitrogens with zero attached hydrogens (tertiary/aromatic N) is 1. The molecule has 0 spiro atoms. The molecule has 0 unspecified atom stereocenters. The summed E-state index contributed by atoms with van der Waals surface area (Å²) in [5, 5.41) is 16.4. The van der Waals surface area contributed by atoms with E-state index in [2.05, 4.69) is 46.6 Å². The predicted octanol–water partition coefficient (Wildman–Crippen LogP) is 4.00. The molecule has 0 aliphatic carbocycles. The number of carbonyl (C=O) groups excluding carboxylic acids is 1. The van der Waals surface area contributed by atoms with Crippen molar-refractivity contribution in [3.63, 3.8) is 0 Å². The number of carbonyl (C=O) groups is 1. The molecule has 0 saturated carbocycles. The van der Waals surface area contributed by atoms with Crippen LogP contribution in [0.15, 0.2) is 72.8 Å². The van der Waals surface area contributed by atoms with E-state index in [-0.39, 0.29) is 11.4 Å². The normalized spacial score (nSPS) is 17.7. The Balaban J connectivity index is 1.44. The SMILES string of the molecule is CC(=O)NC1(c2ccccc2)CCN(C[C@H](O)c2ccc3ccccc3c2)CC1. The molecule has 2 N–H and O–H groups in total. The Labute approximate surface area is 172 Å². The summed E-state index contributed by atoms with van der Waals surface area (Å²) in [6.45, 7) is 3.85. The number of aliphatic hydroxyl groups is 1. The van der Waals surface area contributed by atoms with Crippen LogP contribution >= 0.6 is 0 Å². The summed E-state index contributed by atoms with van der Waals surface area (Å²) in [4.78, 5) is 14.2. The molecule has 1 aliphatic rings. The van der Waals surface area contributed by atoms with Gasteiger partial charge in [-0.15, -0.1) is 0 Å². The van der Waals surface area contributed by atoms with Crippen LogP contribution < -0.4 is 5.32 Å². The van der Waals surface area contributed by atoms with Gasteiger partial charge in [0.2, 0.25) is 5.91 Å². The van der Waals surface area contributed by atoms with Gasteiger partial charge in [-0.25, -0.2) is 0 Å². The maximum atomic E-state index is 11.9. The largest absolute Gasteiger partial charge is 0.387 e. The second-order valence-electron chi connectivity index (χ2n) is 8.05. The molecule has 0 radical (unpaired) electrons. The maximum Gasteiger partial charge on any atom is 0.217 e. The number of hydrogen-bond acceptors (Lipinski definition) is 3. The van der Waals surface area contributed by atoms with Crippen molar-refractivity contribution in [2.24, 2.45) is 0 Å². The Morgan fingerprint density at radius 3 is 2.34 bits per heavy atom. The maximum absolute atomic E-state index is 11.9. The van der Waals surface area contributed by atoms with Crippen molar-refractivity contribution in [2.45, 2.75) is 31.4 Å². The predicted molar refractivity (Wildman–Crippen MR) is 117 cm³/mol. The number of benzene rings is 3. The van der Waals surface area contributed by atoms with Gasteiger partial charge in [0.05, 0.1) is 11.6 Å². The van der Waals surface area contributed by atoms with Crippen molar-refractivity contribution in [3.8, 4) is 0 Å². The van der Waals surface area contributed by atoms with E-state index in [1.54, 1.807) is 6.92 Å². The first-order chi connectivity index (χ1) is 14.1. The molecule has 0 aromatic heterocycles. The van der Waals surface area contributed by atoms with Crippen LogP contribution in [0.4, 0.5) is 0 Å². The van der Waals surface area contributed by atoms with E-state index >= 15 is 0 Å². The molecule has 3 aromatic carbocycles. The molecular weight excluding hydrogens is 360 g/mol. The van der Waals surface area contributed by atoms with Crippen LogP contribution in [-0.2, 0) is 10.3 Å². The van der Waals surface area contributed by atoms with Crippen LogP contribution in [0.25, 0.3) is 10.8 Å². The Kier molecular flexibility index (Phi) is 5.65. The highest BCUT2D eigenvalue weighted by atomic mass is 16.3. The molecule has 4 rings (SSSR count). The molecule has 0 bridgehead atoms. The van der Waals surface area contributed by atoms with Crippen LogP contribution in [0, 0.1) is 0 Å². The zero-order valence-electron chi connectivity index (χ0n) is 16.8. The summed E-state index contributed by atoms with van der Waals surface area (Å²) in [6, 6.07) is 24.6. The molecule has 1 heterocycles. The van der Waals surface area contributed by atoms with Crippen LogP contribution in [0.3, 0.4) is 0 Å². The van der Waals surface area contributed by atoms with Crippen molar-refractivity contribution in [1.82, 2.24) is 10.2 Å². The molecule has 1 atom stereocenters. The quantitative estimate of drug-likeness (QED) is 0.695. The average Bonchev–Trinajstić information content (AvgIpc) is 2.75. The fraction of sp³-hybridized carbons (Fsp3) is 0.320. The van der Waals surface area contributed by atoms with Crippen molar-refractivity contribution < 1.29 is 9.90 Å². The van der Waals surface area contributed by atoms with Gasteiger partial charge in [-0.1, -0.05) is 66.7 Å². The fourth-order valence-electron chi connectivity index (χ4n) is 4.46. The Morgan fingerprint density at radius 1 is 1.00 bits per heavy atom. The van der Waals surface area contributed by atoms with E-state index in [9.17, 15) is 9.90 Å². The topological polar surface area (TPSA) is 52.6 Å². The van der Waals surface area contributed by atoms with Crippen molar-refractivity contribution in [3.05, 3.63) is 83.9 Å². The number of piperidine rings is 1. The molecule has 150 valence electrons. The lowest BCUT2D eigenvalue weighted by Crippen LogP contribution is -2.53. The molecule has 1 aliphatic heterocycles. The van der Waals surface area contributed by atoms with Crippen molar-refractivity contribution in [1.29, 1.82) is 0 Å². The number of amides is 1. The lowest BCUT2D eigenvalue weighted by atomic mass is 9.80. The highest BCUT2D eigenvalue weighted by Gasteiger charge is 2.37. The lowest BCUT2D eigenvalue weighted by Gasteiger charge is -2.43. The van der Waals surface area contributed by atoms with Gasteiger partial charge in [-0.3, -0.25) is 4.79 Å². The zero-order chi connectivity index (χ0) is 20.3. The van der Waals surface area contributed by atoms with Crippen molar-refractivity contribution >= 4 is 16.7 Å². The Bertz CT molecular complexity index is 978. The smallest absolute Gasteiger partial charge is 0.217 e. The standard InChI is InChI=1S/C25H28N2O2/c1-19(28)26-25(23-9-3-2-4-10-23)13-15-27(16-14-25)18-24(29)22-12-11-20-7-5-6-8-21(20)17-22/h2-12,17,24,29H,13-16,18H2,1H3,(H,26,28)/t24-/m0/s1. The highest BCUT2D eigenvalue weighted by Crippen LogP contribution is 2.33. The number of hydrogen-bond donors (Lipinski definition) is 2. The van der Waals surface area contributed by atoms with Gasteiger partial charge in [0.15, 0.2) is 0 Å². The summed E-state index contributed by atoms with van der Waals surface area (Å²) in [7, 11) is 0.